The van der Waals surface area contributed by atoms with Gasteiger partial charge in [0.2, 0.25) is 5.91 Å². The van der Waals surface area contributed by atoms with E-state index in [1.54, 1.807) is 0 Å². The fourth-order valence-electron chi connectivity index (χ4n) is 2.06. The van der Waals surface area contributed by atoms with Gasteiger partial charge in [-0.15, -0.1) is 0 Å². The fourth-order valence-corrected chi connectivity index (χ4v) is 2.06. The van der Waals surface area contributed by atoms with Crippen LogP contribution < -0.4 is 16.0 Å². The van der Waals surface area contributed by atoms with Crippen molar-refractivity contribution in [2.45, 2.75) is 19.0 Å². The Labute approximate surface area is 95.4 Å². The molecular weight excluding hydrogens is 202 g/mol. The minimum atomic E-state index is 0.110. The van der Waals surface area contributed by atoms with Gasteiger partial charge in [0, 0.05) is 12.1 Å². The van der Waals surface area contributed by atoms with E-state index in [4.69, 9.17) is 0 Å². The second-order valence-electron chi connectivity index (χ2n) is 3.98. The molecule has 0 radical (unpaired) electrons. The topological polar surface area (TPSA) is 53.2 Å². The Hall–Kier alpha value is -1.39. The van der Waals surface area contributed by atoms with Gasteiger partial charge in [-0.3, -0.25) is 4.79 Å². The Balaban J connectivity index is 2.28. The lowest BCUT2D eigenvalue weighted by Crippen LogP contribution is -2.29. The maximum absolute atomic E-state index is 11.2. The molecule has 0 spiro atoms. The molecule has 1 aromatic rings. The van der Waals surface area contributed by atoms with Crippen LogP contribution in [0.1, 0.15) is 23.7 Å². The first-order valence-corrected chi connectivity index (χ1v) is 5.52. The number of nitrogens with one attached hydrogen (secondary N) is 3. The fraction of sp³-hybridized carbons (Fsp3) is 0.417. The third-order valence-electron chi connectivity index (χ3n) is 2.94. The Kier molecular flexibility index (Phi) is 3.22. The number of hydrogen-bond acceptors (Lipinski definition) is 3. The summed E-state index contributed by atoms with van der Waals surface area (Å²) >= 11 is 0. The van der Waals surface area contributed by atoms with E-state index in [-0.39, 0.29) is 12.1 Å². The Morgan fingerprint density at radius 2 is 2.00 bits per heavy atom. The number of rotatable bonds is 3. The van der Waals surface area contributed by atoms with Gasteiger partial charge in [0.25, 0.3) is 0 Å². The van der Waals surface area contributed by atoms with Crippen LogP contribution in [-0.2, 0) is 11.2 Å². The third-order valence-corrected chi connectivity index (χ3v) is 2.94. The molecule has 1 aromatic carbocycles. The average molecular weight is 219 g/mol. The molecule has 0 unspecified atom stereocenters. The van der Waals surface area contributed by atoms with Crippen molar-refractivity contribution < 1.29 is 4.79 Å². The normalized spacial score (nSPS) is 14.8. The highest BCUT2D eigenvalue weighted by Crippen LogP contribution is 2.25. The molecular formula is C12H17N3O. The van der Waals surface area contributed by atoms with Gasteiger partial charge in [0.1, 0.15) is 0 Å². The van der Waals surface area contributed by atoms with Gasteiger partial charge < -0.3 is 16.0 Å². The lowest BCUT2D eigenvalue weighted by Gasteiger charge is -2.21. The Morgan fingerprint density at radius 3 is 2.69 bits per heavy atom. The van der Waals surface area contributed by atoms with Crippen LogP contribution in [-0.4, -0.2) is 20.0 Å². The molecule has 1 amide bonds. The largest absolute Gasteiger partial charge is 0.326 e. The number of anilines is 1. The molecule has 0 atom stereocenters. The van der Waals surface area contributed by atoms with E-state index in [2.05, 4.69) is 22.0 Å². The molecule has 0 saturated heterocycles. The molecule has 0 fully saturated rings. The summed E-state index contributed by atoms with van der Waals surface area (Å²) in [4.78, 5) is 11.2. The average Bonchev–Trinajstić information content (AvgIpc) is 2.31. The summed E-state index contributed by atoms with van der Waals surface area (Å²) in [5.41, 5.74) is 3.36. The van der Waals surface area contributed by atoms with E-state index >= 15 is 0 Å². The summed E-state index contributed by atoms with van der Waals surface area (Å²) in [6, 6.07) is 6.15. The molecule has 4 nitrogen and oxygen atoms in total. The first-order chi connectivity index (χ1) is 7.74. The zero-order valence-corrected chi connectivity index (χ0v) is 9.63. The summed E-state index contributed by atoms with van der Waals surface area (Å²) in [6.45, 7) is 0. The predicted octanol–water partition coefficient (Wildman–Crippen LogP) is 1.01. The van der Waals surface area contributed by atoms with Gasteiger partial charge in [-0.1, -0.05) is 12.1 Å². The second kappa shape index (κ2) is 4.63. The molecule has 0 aromatic heterocycles. The van der Waals surface area contributed by atoms with Crippen LogP contribution in [0.3, 0.4) is 0 Å². The van der Waals surface area contributed by atoms with Gasteiger partial charge in [-0.05, 0) is 37.7 Å². The zero-order chi connectivity index (χ0) is 11.5. The number of carbonyl (C=O) groups excluding carboxylic acids is 1. The first kappa shape index (κ1) is 11.1. The van der Waals surface area contributed by atoms with Crippen molar-refractivity contribution in [1.29, 1.82) is 0 Å². The number of aryl methyl sites for hydroxylation is 1. The maximum Gasteiger partial charge on any atom is 0.224 e. The molecule has 16 heavy (non-hydrogen) atoms. The minimum absolute atomic E-state index is 0.110. The predicted molar refractivity (Wildman–Crippen MR) is 64.3 cm³/mol. The SMILES string of the molecule is CNC(NC)c1ccc2c(c1)CCC(=O)N2. The molecule has 4 heteroatoms. The van der Waals surface area contributed by atoms with Crippen molar-refractivity contribution in [3.63, 3.8) is 0 Å². The van der Waals surface area contributed by atoms with E-state index in [0.717, 1.165) is 12.1 Å². The second-order valence-corrected chi connectivity index (χ2v) is 3.98. The van der Waals surface area contributed by atoms with E-state index in [1.807, 2.05) is 26.2 Å². The highest BCUT2D eigenvalue weighted by atomic mass is 16.1. The van der Waals surface area contributed by atoms with Crippen molar-refractivity contribution in [2.75, 3.05) is 19.4 Å². The number of hydrogen-bond donors (Lipinski definition) is 3. The summed E-state index contributed by atoms with van der Waals surface area (Å²) in [7, 11) is 3.84. The Morgan fingerprint density at radius 1 is 1.25 bits per heavy atom. The van der Waals surface area contributed by atoms with E-state index in [0.29, 0.717) is 6.42 Å². The van der Waals surface area contributed by atoms with Crippen molar-refractivity contribution in [1.82, 2.24) is 10.6 Å². The smallest absolute Gasteiger partial charge is 0.224 e. The van der Waals surface area contributed by atoms with Crippen LogP contribution in [0.5, 0.6) is 0 Å². The van der Waals surface area contributed by atoms with Gasteiger partial charge >= 0.3 is 0 Å². The van der Waals surface area contributed by atoms with Crippen molar-refractivity contribution >= 4 is 11.6 Å². The number of amides is 1. The van der Waals surface area contributed by atoms with E-state index in [9.17, 15) is 4.79 Å². The molecule has 2 rings (SSSR count). The van der Waals surface area contributed by atoms with Gasteiger partial charge in [0.05, 0.1) is 6.17 Å². The highest BCUT2D eigenvalue weighted by Gasteiger charge is 2.16. The van der Waals surface area contributed by atoms with Crippen molar-refractivity contribution in [2.24, 2.45) is 0 Å². The molecule has 0 bridgehead atoms. The van der Waals surface area contributed by atoms with E-state index < -0.39 is 0 Å². The van der Waals surface area contributed by atoms with Crippen molar-refractivity contribution in [3.8, 4) is 0 Å². The molecule has 0 saturated carbocycles. The van der Waals surface area contributed by atoms with Crippen LogP contribution in [0.2, 0.25) is 0 Å². The summed E-state index contributed by atoms with van der Waals surface area (Å²) in [5, 5.41) is 9.25. The number of benzene rings is 1. The molecule has 86 valence electrons. The quantitative estimate of drug-likeness (QED) is 0.665. The molecule has 3 N–H and O–H groups in total. The molecule has 0 aliphatic carbocycles. The first-order valence-electron chi connectivity index (χ1n) is 5.52. The number of carbonyl (C=O) groups is 1. The van der Waals surface area contributed by atoms with Crippen molar-refractivity contribution in [3.05, 3.63) is 29.3 Å². The standard InChI is InChI=1S/C12H17N3O/c1-13-12(14-2)9-3-5-10-8(7-9)4-6-11(16)15-10/h3,5,7,12-14H,4,6H2,1-2H3,(H,15,16). The zero-order valence-electron chi connectivity index (χ0n) is 9.63. The maximum atomic E-state index is 11.2. The summed E-state index contributed by atoms with van der Waals surface area (Å²) in [5.74, 6) is 0.110. The monoisotopic (exact) mass is 219 g/mol. The van der Waals surface area contributed by atoms with Crippen LogP contribution >= 0.6 is 0 Å². The molecule has 1 aliphatic rings. The minimum Gasteiger partial charge on any atom is -0.326 e. The van der Waals surface area contributed by atoms with Crippen LogP contribution in [0.25, 0.3) is 0 Å². The number of fused-ring (bicyclic) bond motifs is 1. The van der Waals surface area contributed by atoms with Gasteiger partial charge in [0.15, 0.2) is 0 Å². The van der Waals surface area contributed by atoms with Crippen LogP contribution in [0, 0.1) is 0 Å². The van der Waals surface area contributed by atoms with E-state index in [1.165, 1.54) is 11.1 Å². The van der Waals surface area contributed by atoms with Crippen LogP contribution in [0.15, 0.2) is 18.2 Å². The Bertz CT molecular complexity index is 399. The lowest BCUT2D eigenvalue weighted by molar-refractivity contribution is -0.116. The molecule has 1 aliphatic heterocycles. The highest BCUT2D eigenvalue weighted by molar-refractivity contribution is 5.93. The summed E-state index contributed by atoms with van der Waals surface area (Å²) < 4.78 is 0. The van der Waals surface area contributed by atoms with Gasteiger partial charge in [-0.25, -0.2) is 0 Å². The molecule has 1 heterocycles. The third kappa shape index (κ3) is 2.08. The van der Waals surface area contributed by atoms with Gasteiger partial charge in [-0.2, -0.15) is 0 Å². The summed E-state index contributed by atoms with van der Waals surface area (Å²) in [6.07, 6.45) is 1.57. The lowest BCUT2D eigenvalue weighted by atomic mass is 9.99. The van der Waals surface area contributed by atoms with Crippen LogP contribution in [0.4, 0.5) is 5.69 Å².